The summed E-state index contributed by atoms with van der Waals surface area (Å²) in [7, 11) is 2.03. The van der Waals surface area contributed by atoms with Crippen molar-refractivity contribution in [2.24, 2.45) is 7.05 Å². The topological polar surface area (TPSA) is 47.4 Å². The van der Waals surface area contributed by atoms with Crippen molar-refractivity contribution in [3.63, 3.8) is 0 Å². The SMILES string of the molecule is Cn1nc(C2CCN(C(=O)c3ccsc3)CC2)c2c1CCOC2. The van der Waals surface area contributed by atoms with Gasteiger partial charge in [-0.2, -0.15) is 16.4 Å². The third-order valence-electron chi connectivity index (χ3n) is 4.97. The number of ether oxygens (including phenoxy) is 1. The number of thiophene rings is 1. The van der Waals surface area contributed by atoms with E-state index in [1.807, 2.05) is 33.5 Å². The number of aromatic nitrogens is 2. The number of amides is 1. The van der Waals surface area contributed by atoms with Gasteiger partial charge >= 0.3 is 0 Å². The van der Waals surface area contributed by atoms with Crippen LogP contribution in [0.4, 0.5) is 0 Å². The highest BCUT2D eigenvalue weighted by molar-refractivity contribution is 7.08. The summed E-state index contributed by atoms with van der Waals surface area (Å²) < 4.78 is 7.66. The van der Waals surface area contributed by atoms with E-state index in [2.05, 4.69) is 0 Å². The van der Waals surface area contributed by atoms with Gasteiger partial charge in [-0.25, -0.2) is 0 Å². The largest absolute Gasteiger partial charge is 0.376 e. The molecule has 0 radical (unpaired) electrons. The first kappa shape index (κ1) is 14.9. The maximum atomic E-state index is 12.4. The van der Waals surface area contributed by atoms with Crippen LogP contribution < -0.4 is 0 Å². The maximum Gasteiger partial charge on any atom is 0.254 e. The Morgan fingerprint density at radius 3 is 2.96 bits per heavy atom. The molecule has 0 aliphatic carbocycles. The van der Waals surface area contributed by atoms with Gasteiger partial charge in [0.05, 0.1) is 24.5 Å². The van der Waals surface area contributed by atoms with Gasteiger partial charge in [0.15, 0.2) is 0 Å². The van der Waals surface area contributed by atoms with E-state index in [9.17, 15) is 4.79 Å². The summed E-state index contributed by atoms with van der Waals surface area (Å²) in [4.78, 5) is 14.4. The monoisotopic (exact) mass is 331 g/mol. The Balaban J connectivity index is 1.47. The Bertz CT molecular complexity index is 700. The first-order valence-electron chi connectivity index (χ1n) is 8.18. The fraction of sp³-hybridized carbons (Fsp3) is 0.529. The summed E-state index contributed by atoms with van der Waals surface area (Å²) in [6.07, 6.45) is 2.92. The van der Waals surface area contributed by atoms with Crippen LogP contribution >= 0.6 is 11.3 Å². The van der Waals surface area contributed by atoms with E-state index in [1.165, 1.54) is 17.0 Å². The second-order valence-electron chi connectivity index (χ2n) is 6.32. The molecule has 4 heterocycles. The molecule has 1 amide bonds. The van der Waals surface area contributed by atoms with Gasteiger partial charge in [0.25, 0.3) is 5.91 Å². The first-order chi connectivity index (χ1) is 11.2. The number of carbonyl (C=O) groups is 1. The van der Waals surface area contributed by atoms with Crippen LogP contribution in [0.2, 0.25) is 0 Å². The molecule has 6 heteroatoms. The van der Waals surface area contributed by atoms with Crippen molar-refractivity contribution in [3.8, 4) is 0 Å². The Hall–Kier alpha value is -1.66. The molecule has 4 rings (SSSR count). The minimum atomic E-state index is 0.163. The Morgan fingerprint density at radius 1 is 1.39 bits per heavy atom. The number of nitrogens with zero attached hydrogens (tertiary/aromatic N) is 3. The number of hydrogen-bond acceptors (Lipinski definition) is 4. The summed E-state index contributed by atoms with van der Waals surface area (Å²) >= 11 is 1.57. The van der Waals surface area contributed by atoms with Crippen molar-refractivity contribution in [3.05, 3.63) is 39.3 Å². The van der Waals surface area contributed by atoms with Crippen LogP contribution in [-0.4, -0.2) is 40.3 Å². The average molecular weight is 331 g/mol. The van der Waals surface area contributed by atoms with Crippen LogP contribution in [0, 0.1) is 0 Å². The molecule has 122 valence electrons. The molecule has 1 saturated heterocycles. The smallest absolute Gasteiger partial charge is 0.254 e. The normalized spacial score (nSPS) is 18.9. The highest BCUT2D eigenvalue weighted by Gasteiger charge is 2.30. The van der Waals surface area contributed by atoms with Crippen molar-refractivity contribution in [2.75, 3.05) is 19.7 Å². The molecule has 2 aromatic rings. The van der Waals surface area contributed by atoms with Gasteiger partial charge in [0.1, 0.15) is 0 Å². The Kier molecular flexibility index (Phi) is 3.95. The Morgan fingerprint density at radius 2 is 2.22 bits per heavy atom. The van der Waals surface area contributed by atoms with E-state index in [0.29, 0.717) is 12.5 Å². The molecule has 0 atom stereocenters. The van der Waals surface area contributed by atoms with Crippen molar-refractivity contribution in [1.29, 1.82) is 0 Å². The average Bonchev–Trinajstić information content (AvgIpc) is 3.23. The second-order valence-corrected chi connectivity index (χ2v) is 7.10. The lowest BCUT2D eigenvalue weighted by molar-refractivity contribution is 0.0710. The van der Waals surface area contributed by atoms with Crippen LogP contribution in [0.3, 0.4) is 0 Å². The van der Waals surface area contributed by atoms with Crippen molar-refractivity contribution >= 4 is 17.2 Å². The molecule has 1 fully saturated rings. The minimum Gasteiger partial charge on any atom is -0.376 e. The minimum absolute atomic E-state index is 0.163. The summed E-state index contributed by atoms with van der Waals surface area (Å²) in [5.41, 5.74) is 4.63. The lowest BCUT2D eigenvalue weighted by Crippen LogP contribution is -2.38. The molecule has 0 N–H and O–H groups in total. The van der Waals surface area contributed by atoms with Crippen LogP contribution in [-0.2, 0) is 24.8 Å². The molecule has 0 spiro atoms. The lowest BCUT2D eigenvalue weighted by atomic mass is 9.90. The van der Waals surface area contributed by atoms with Gasteiger partial charge in [0.2, 0.25) is 0 Å². The molecule has 2 aliphatic rings. The molecule has 0 aromatic carbocycles. The molecule has 5 nitrogen and oxygen atoms in total. The van der Waals surface area contributed by atoms with Gasteiger partial charge in [-0.15, -0.1) is 0 Å². The molecular weight excluding hydrogens is 310 g/mol. The summed E-state index contributed by atoms with van der Waals surface area (Å²) in [6, 6.07) is 1.91. The van der Waals surface area contributed by atoms with Crippen LogP contribution in [0.1, 0.15) is 46.1 Å². The van der Waals surface area contributed by atoms with Crippen LogP contribution in [0.15, 0.2) is 16.8 Å². The van der Waals surface area contributed by atoms with E-state index < -0.39 is 0 Å². The van der Waals surface area contributed by atoms with E-state index >= 15 is 0 Å². The fourth-order valence-corrected chi connectivity index (χ4v) is 4.32. The standard InChI is InChI=1S/C17H21N3O2S/c1-19-15-4-8-22-10-14(15)16(18-19)12-2-6-20(7-3-12)17(21)13-5-9-23-11-13/h5,9,11-12H,2-4,6-8,10H2,1H3. The quantitative estimate of drug-likeness (QED) is 0.850. The van der Waals surface area contributed by atoms with E-state index in [-0.39, 0.29) is 5.91 Å². The highest BCUT2D eigenvalue weighted by atomic mass is 32.1. The van der Waals surface area contributed by atoms with E-state index in [0.717, 1.165) is 44.5 Å². The van der Waals surface area contributed by atoms with Crippen molar-refractivity contribution in [2.45, 2.75) is 31.8 Å². The zero-order valence-corrected chi connectivity index (χ0v) is 14.1. The third kappa shape index (κ3) is 2.70. The molecule has 0 saturated carbocycles. The molecule has 2 aliphatic heterocycles. The van der Waals surface area contributed by atoms with E-state index in [1.54, 1.807) is 11.3 Å². The predicted molar refractivity (Wildman–Crippen MR) is 88.8 cm³/mol. The Labute approximate surface area is 139 Å². The number of rotatable bonds is 2. The number of carbonyl (C=O) groups excluding carboxylic acids is 1. The zero-order chi connectivity index (χ0) is 15.8. The second kappa shape index (κ2) is 6.09. The number of hydrogen-bond donors (Lipinski definition) is 0. The predicted octanol–water partition coefficient (Wildman–Crippen LogP) is 2.57. The first-order valence-corrected chi connectivity index (χ1v) is 9.12. The van der Waals surface area contributed by atoms with Gasteiger partial charge in [-0.05, 0) is 24.3 Å². The van der Waals surface area contributed by atoms with Crippen molar-refractivity contribution < 1.29 is 9.53 Å². The number of fused-ring (bicyclic) bond motifs is 1. The number of piperidine rings is 1. The van der Waals surface area contributed by atoms with Crippen molar-refractivity contribution in [1.82, 2.24) is 14.7 Å². The van der Waals surface area contributed by atoms with Gasteiger partial charge in [-0.3, -0.25) is 9.48 Å². The summed E-state index contributed by atoms with van der Waals surface area (Å²) in [6.45, 7) is 3.10. The molecule has 0 unspecified atom stereocenters. The maximum absolute atomic E-state index is 12.4. The molecule has 0 bridgehead atoms. The molecule has 2 aromatic heterocycles. The summed E-state index contributed by atoms with van der Waals surface area (Å²) in [5.74, 6) is 0.606. The van der Waals surface area contributed by atoms with Crippen LogP contribution in [0.5, 0.6) is 0 Å². The zero-order valence-electron chi connectivity index (χ0n) is 13.3. The lowest BCUT2D eigenvalue weighted by Gasteiger charge is -2.31. The number of likely N-dealkylation sites (tertiary alicyclic amines) is 1. The van der Waals surface area contributed by atoms with Gasteiger partial charge in [-0.1, -0.05) is 0 Å². The highest BCUT2D eigenvalue weighted by Crippen LogP contribution is 2.33. The van der Waals surface area contributed by atoms with Gasteiger partial charge in [0, 0.05) is 49.1 Å². The van der Waals surface area contributed by atoms with Gasteiger partial charge < -0.3 is 9.64 Å². The third-order valence-corrected chi connectivity index (χ3v) is 5.66. The van der Waals surface area contributed by atoms with Crippen LogP contribution in [0.25, 0.3) is 0 Å². The number of aryl methyl sites for hydroxylation is 1. The molecule has 23 heavy (non-hydrogen) atoms. The van der Waals surface area contributed by atoms with E-state index in [4.69, 9.17) is 9.84 Å². The fourth-order valence-electron chi connectivity index (χ4n) is 3.69. The molecular formula is C17H21N3O2S. The summed E-state index contributed by atoms with van der Waals surface area (Å²) in [5, 5.41) is 8.66.